The van der Waals surface area contributed by atoms with Crippen LogP contribution in [0.5, 0.6) is 0 Å². The minimum absolute atomic E-state index is 0.00112. The zero-order chi connectivity index (χ0) is 30.1. The molecule has 4 rings (SSSR count). The van der Waals surface area contributed by atoms with Gasteiger partial charge < -0.3 is 24.5 Å². The maximum absolute atomic E-state index is 13.1. The van der Waals surface area contributed by atoms with Crippen LogP contribution in [0.15, 0.2) is 63.3 Å². The predicted molar refractivity (Wildman–Crippen MR) is 152 cm³/mol. The van der Waals surface area contributed by atoms with Crippen LogP contribution >= 0.6 is 23.2 Å². The average molecular weight is 624 g/mol. The number of benzene rings is 1. The van der Waals surface area contributed by atoms with Gasteiger partial charge in [0.2, 0.25) is 20.8 Å². The summed E-state index contributed by atoms with van der Waals surface area (Å²) in [5.41, 5.74) is 2.71. The van der Waals surface area contributed by atoms with Crippen LogP contribution < -0.4 is 5.32 Å². The molecule has 10 nitrogen and oxygen atoms in total. The number of fused-ring (bicyclic) bond motifs is 1. The number of rotatable bonds is 8. The summed E-state index contributed by atoms with van der Waals surface area (Å²) in [5.74, 6) is -1.67. The number of amides is 2. The summed E-state index contributed by atoms with van der Waals surface area (Å²) >= 11 is 13.1. The third-order valence-corrected chi connectivity index (χ3v) is 8.47. The van der Waals surface area contributed by atoms with Crippen molar-refractivity contribution < 1.29 is 37.1 Å². The summed E-state index contributed by atoms with van der Waals surface area (Å²) in [4.78, 5) is 39.8. The van der Waals surface area contributed by atoms with Crippen LogP contribution in [0.3, 0.4) is 0 Å². The fraction of sp³-hybridized carbons (Fsp3) is 0.321. The SMILES string of the molecule is C=C1OCC/C1=C/C=C(\C)C(=O)N1CCc2c(cc(Cl)c(C(=O)N[C@@H](Cc3ccc(S(C)(=O)=O)o3)C(=O)O)c2Cl)C1. The summed E-state index contributed by atoms with van der Waals surface area (Å²) in [6.07, 6.45) is 5.32. The number of carboxylic acid groups (broad SMARTS) is 1. The van der Waals surface area contributed by atoms with Crippen LogP contribution in [0.4, 0.5) is 0 Å². The average Bonchev–Trinajstić information content (AvgIpc) is 3.54. The maximum atomic E-state index is 13.1. The molecule has 0 bridgehead atoms. The number of halogens is 2. The molecule has 3 heterocycles. The number of carboxylic acids is 1. The molecule has 1 saturated heterocycles. The Morgan fingerprint density at radius 3 is 2.59 bits per heavy atom. The smallest absolute Gasteiger partial charge is 0.326 e. The lowest BCUT2D eigenvalue weighted by molar-refractivity contribution is -0.139. The molecule has 0 saturated carbocycles. The second kappa shape index (κ2) is 12.1. The van der Waals surface area contributed by atoms with Gasteiger partial charge in [0.15, 0.2) is 0 Å². The number of ether oxygens (including phenoxy) is 1. The molecule has 41 heavy (non-hydrogen) atoms. The zero-order valence-electron chi connectivity index (χ0n) is 22.3. The highest BCUT2D eigenvalue weighted by Crippen LogP contribution is 2.35. The molecular formula is C28H28Cl2N2O8S. The van der Waals surface area contributed by atoms with E-state index in [0.29, 0.717) is 42.0 Å². The summed E-state index contributed by atoms with van der Waals surface area (Å²) < 4.78 is 33.9. The number of nitrogens with one attached hydrogen (secondary N) is 1. The van der Waals surface area contributed by atoms with Gasteiger partial charge in [0.05, 0.1) is 22.2 Å². The third-order valence-electron chi connectivity index (χ3n) is 6.81. The molecule has 1 fully saturated rings. The van der Waals surface area contributed by atoms with Gasteiger partial charge >= 0.3 is 5.97 Å². The Labute approximate surface area is 247 Å². The molecule has 218 valence electrons. The number of furan rings is 1. The fourth-order valence-corrected chi connectivity index (χ4v) is 5.91. The Bertz CT molecular complexity index is 1610. The van der Waals surface area contributed by atoms with Crippen molar-refractivity contribution in [2.24, 2.45) is 0 Å². The van der Waals surface area contributed by atoms with Crippen molar-refractivity contribution in [3.63, 3.8) is 0 Å². The highest BCUT2D eigenvalue weighted by atomic mass is 35.5. The first-order chi connectivity index (χ1) is 19.3. The van der Waals surface area contributed by atoms with Crippen molar-refractivity contribution in [1.82, 2.24) is 10.2 Å². The minimum atomic E-state index is -3.62. The van der Waals surface area contributed by atoms with Crippen LogP contribution in [0, 0.1) is 0 Å². The standard InChI is InChI=1S/C28H28Cl2N2O8S/c1-15(4-5-17-9-11-39-16(17)2)27(34)32-10-8-20-18(14-32)12-21(29)24(25(20)30)26(33)31-22(28(35)36)13-19-6-7-23(40-19)41(3,37)38/h4-7,12,22H,2,8-11,13-14H2,1,3H3,(H,31,33)(H,35,36)/b15-4+,17-5-/t22-/m0/s1. The van der Waals surface area contributed by atoms with Gasteiger partial charge in [0.25, 0.3) is 5.91 Å². The molecule has 2 aliphatic rings. The molecule has 2 N–H and O–H groups in total. The van der Waals surface area contributed by atoms with Gasteiger partial charge in [-0.15, -0.1) is 0 Å². The second-order valence-corrected chi connectivity index (χ2v) is 12.5. The highest BCUT2D eigenvalue weighted by molar-refractivity contribution is 7.90. The van der Waals surface area contributed by atoms with E-state index in [1.54, 1.807) is 24.0 Å². The van der Waals surface area contributed by atoms with Crippen molar-refractivity contribution in [2.75, 3.05) is 19.4 Å². The molecular weight excluding hydrogens is 595 g/mol. The van der Waals surface area contributed by atoms with Crippen molar-refractivity contribution in [1.29, 1.82) is 0 Å². The zero-order valence-corrected chi connectivity index (χ0v) is 24.7. The van der Waals surface area contributed by atoms with Gasteiger partial charge in [0.1, 0.15) is 17.6 Å². The van der Waals surface area contributed by atoms with E-state index in [9.17, 15) is 27.9 Å². The van der Waals surface area contributed by atoms with E-state index < -0.39 is 27.8 Å². The van der Waals surface area contributed by atoms with E-state index in [2.05, 4.69) is 11.9 Å². The molecule has 2 aromatic rings. The lowest BCUT2D eigenvalue weighted by Crippen LogP contribution is -2.42. The molecule has 0 spiro atoms. The molecule has 2 aliphatic heterocycles. The summed E-state index contributed by atoms with van der Waals surface area (Å²) in [7, 11) is -3.62. The lowest BCUT2D eigenvalue weighted by atomic mass is 9.95. The summed E-state index contributed by atoms with van der Waals surface area (Å²) in [5, 5.41) is 11.8. The van der Waals surface area contributed by atoms with Crippen LogP contribution in [0.1, 0.15) is 40.6 Å². The van der Waals surface area contributed by atoms with Gasteiger partial charge in [-0.05, 0) is 48.2 Å². The van der Waals surface area contributed by atoms with Crippen molar-refractivity contribution >= 4 is 50.8 Å². The maximum Gasteiger partial charge on any atom is 0.326 e. The lowest BCUT2D eigenvalue weighted by Gasteiger charge is -2.30. The first kappa shape index (κ1) is 30.4. The van der Waals surface area contributed by atoms with E-state index in [-0.39, 0.29) is 45.3 Å². The van der Waals surface area contributed by atoms with Crippen LogP contribution in [-0.2, 0) is 43.5 Å². The van der Waals surface area contributed by atoms with Gasteiger partial charge in [0, 0.05) is 37.8 Å². The largest absolute Gasteiger partial charge is 0.494 e. The van der Waals surface area contributed by atoms with E-state index in [4.69, 9.17) is 32.4 Å². The first-order valence-corrected chi connectivity index (χ1v) is 15.2. The number of carbonyl (C=O) groups excluding carboxylic acids is 2. The molecule has 1 atom stereocenters. The van der Waals surface area contributed by atoms with Crippen LogP contribution in [0.2, 0.25) is 10.0 Å². The van der Waals surface area contributed by atoms with Crippen molar-refractivity contribution in [3.05, 3.63) is 86.3 Å². The Morgan fingerprint density at radius 2 is 1.98 bits per heavy atom. The molecule has 1 aromatic carbocycles. The van der Waals surface area contributed by atoms with E-state index >= 15 is 0 Å². The quantitative estimate of drug-likeness (QED) is 0.419. The number of sulfone groups is 1. The number of allylic oxidation sites excluding steroid dienone is 3. The predicted octanol–water partition coefficient (Wildman–Crippen LogP) is 4.11. The number of carbonyl (C=O) groups is 3. The topological polar surface area (TPSA) is 143 Å². The van der Waals surface area contributed by atoms with Gasteiger partial charge in [-0.25, -0.2) is 13.2 Å². The monoisotopic (exact) mass is 622 g/mol. The third kappa shape index (κ3) is 6.86. The van der Waals surface area contributed by atoms with Crippen molar-refractivity contribution in [2.45, 2.75) is 43.9 Å². The number of aliphatic carboxylic acids is 1. The van der Waals surface area contributed by atoms with Crippen LogP contribution in [-0.4, -0.2) is 61.7 Å². The minimum Gasteiger partial charge on any atom is -0.494 e. The Kier molecular flexibility index (Phi) is 9.00. The summed E-state index contributed by atoms with van der Waals surface area (Å²) in [6.45, 7) is 6.72. The van der Waals surface area contributed by atoms with E-state index in [0.717, 1.165) is 18.2 Å². The molecule has 13 heteroatoms. The highest BCUT2D eigenvalue weighted by Gasteiger charge is 2.30. The van der Waals surface area contributed by atoms with Crippen molar-refractivity contribution in [3.8, 4) is 0 Å². The summed E-state index contributed by atoms with van der Waals surface area (Å²) in [6, 6.07) is 2.65. The fourth-order valence-electron chi connectivity index (χ4n) is 4.57. The van der Waals surface area contributed by atoms with Gasteiger partial charge in [-0.1, -0.05) is 41.9 Å². The van der Waals surface area contributed by atoms with Gasteiger partial charge in [-0.3, -0.25) is 9.59 Å². The first-order valence-electron chi connectivity index (χ1n) is 12.6. The molecule has 0 radical (unpaired) electrons. The van der Waals surface area contributed by atoms with Crippen LogP contribution in [0.25, 0.3) is 0 Å². The van der Waals surface area contributed by atoms with E-state index in [1.807, 2.05) is 6.08 Å². The molecule has 1 aromatic heterocycles. The Morgan fingerprint density at radius 1 is 1.24 bits per heavy atom. The molecule has 2 amide bonds. The Balaban J connectivity index is 1.49. The van der Waals surface area contributed by atoms with Gasteiger partial charge in [-0.2, -0.15) is 0 Å². The number of nitrogens with zero attached hydrogens (tertiary/aromatic N) is 1. The normalized spacial score (nSPS) is 17.3. The number of hydrogen-bond acceptors (Lipinski definition) is 7. The second-order valence-electron chi connectivity index (χ2n) is 9.79. The molecule has 0 unspecified atom stereocenters. The van der Waals surface area contributed by atoms with E-state index in [1.165, 1.54) is 12.1 Å². The molecule has 0 aliphatic carbocycles. The number of hydrogen-bond donors (Lipinski definition) is 2. The Hall–Kier alpha value is -3.54.